The number of rotatable bonds is 3. The lowest BCUT2D eigenvalue weighted by molar-refractivity contribution is -0.169. The zero-order valence-electron chi connectivity index (χ0n) is 15.9. The van der Waals surface area contributed by atoms with Crippen molar-refractivity contribution in [3.63, 3.8) is 0 Å². The van der Waals surface area contributed by atoms with Crippen LogP contribution in [0.25, 0.3) is 6.08 Å². The first-order chi connectivity index (χ1) is 13.9. The van der Waals surface area contributed by atoms with Crippen molar-refractivity contribution in [2.45, 2.75) is 31.5 Å². The molecule has 0 radical (unpaired) electrons. The second-order valence-electron chi connectivity index (χ2n) is 7.19. The summed E-state index contributed by atoms with van der Waals surface area (Å²) in [6.07, 6.45) is 1.10. The van der Waals surface area contributed by atoms with Gasteiger partial charge in [-0.25, -0.2) is 0 Å². The highest BCUT2D eigenvalue weighted by Crippen LogP contribution is 2.53. The lowest BCUT2D eigenvalue weighted by Gasteiger charge is -2.41. The number of fused-ring (bicyclic) bond motifs is 3. The van der Waals surface area contributed by atoms with Crippen LogP contribution in [0.15, 0.2) is 28.7 Å². The van der Waals surface area contributed by atoms with Gasteiger partial charge in [-0.1, -0.05) is 34.1 Å². The Morgan fingerprint density at radius 3 is 2.24 bits per heavy atom. The molecule has 1 aromatic carbocycles. The normalized spacial score (nSPS) is 24.7. The molecule has 0 bridgehead atoms. The van der Waals surface area contributed by atoms with E-state index < -0.39 is 29.6 Å². The highest BCUT2D eigenvalue weighted by Gasteiger charge is 2.67. The number of esters is 2. The number of hydrogen-bond donors (Lipinski definition) is 0. The molecule has 2 amide bonds. The lowest BCUT2D eigenvalue weighted by Crippen LogP contribution is -2.54. The van der Waals surface area contributed by atoms with Crippen molar-refractivity contribution in [3.8, 4) is 0 Å². The van der Waals surface area contributed by atoms with Crippen LogP contribution in [0.4, 0.5) is 5.69 Å². The standard InChI is InChI=1S/C20H19BrN2O6/c1-28-18(26)20(19(27)29-2)10-14(23-15(24)7-8-16(23)25)22-13-6-4-3-5-11(13)9-12(21)17(20)22/h3-6,9,14,17H,7-8,10H2,1-2H3/t14-,17-/m1/s1. The quantitative estimate of drug-likeness (QED) is 0.384. The molecule has 0 N–H and O–H groups in total. The van der Waals surface area contributed by atoms with Gasteiger partial charge in [-0.05, 0) is 17.7 Å². The number of carbonyl (C=O) groups excluding carboxylic acids is 4. The van der Waals surface area contributed by atoms with Gasteiger partial charge in [0.25, 0.3) is 0 Å². The molecular weight excluding hydrogens is 444 g/mol. The van der Waals surface area contributed by atoms with Crippen molar-refractivity contribution in [1.82, 2.24) is 4.90 Å². The van der Waals surface area contributed by atoms with Gasteiger partial charge in [0.2, 0.25) is 11.8 Å². The number of likely N-dealkylation sites (tertiary alicyclic amines) is 1. The summed E-state index contributed by atoms with van der Waals surface area (Å²) < 4.78 is 10.6. The number of methoxy groups -OCH3 is 2. The maximum absolute atomic E-state index is 13.0. The molecule has 2 atom stereocenters. The van der Waals surface area contributed by atoms with Gasteiger partial charge in [0.1, 0.15) is 6.17 Å². The number of anilines is 1. The van der Waals surface area contributed by atoms with Crippen LogP contribution in [0.2, 0.25) is 0 Å². The smallest absolute Gasteiger partial charge is 0.325 e. The van der Waals surface area contributed by atoms with E-state index in [0.717, 1.165) is 5.56 Å². The number of benzene rings is 1. The van der Waals surface area contributed by atoms with Gasteiger partial charge < -0.3 is 14.4 Å². The van der Waals surface area contributed by atoms with E-state index in [-0.39, 0.29) is 31.1 Å². The SMILES string of the molecule is COC(=O)C1(C(=O)OC)C[C@@H](N2C(=O)CCC2=O)N2c3ccccc3C=C(Br)[C@@H]21. The molecule has 0 aromatic heterocycles. The Kier molecular flexibility index (Phi) is 4.72. The highest BCUT2D eigenvalue weighted by atomic mass is 79.9. The van der Waals surface area contributed by atoms with Gasteiger partial charge in [0.15, 0.2) is 5.41 Å². The minimum Gasteiger partial charge on any atom is -0.468 e. The molecule has 1 aromatic rings. The van der Waals surface area contributed by atoms with E-state index >= 15 is 0 Å². The molecule has 29 heavy (non-hydrogen) atoms. The fourth-order valence-corrected chi connectivity index (χ4v) is 5.49. The Balaban J connectivity index is 1.96. The van der Waals surface area contributed by atoms with Crippen LogP contribution in [0.1, 0.15) is 24.8 Å². The molecule has 0 unspecified atom stereocenters. The fraction of sp³-hybridized carbons (Fsp3) is 0.400. The highest BCUT2D eigenvalue weighted by molar-refractivity contribution is 9.11. The third-order valence-electron chi connectivity index (χ3n) is 5.83. The summed E-state index contributed by atoms with van der Waals surface area (Å²) in [5, 5.41) is 0. The Morgan fingerprint density at radius 2 is 1.66 bits per heavy atom. The number of nitrogens with zero attached hydrogens (tertiary/aromatic N) is 2. The molecule has 0 saturated carbocycles. The molecule has 4 rings (SSSR count). The Bertz CT molecular complexity index is 926. The summed E-state index contributed by atoms with van der Waals surface area (Å²) in [7, 11) is 2.40. The molecule has 0 spiro atoms. The van der Waals surface area contributed by atoms with Crippen molar-refractivity contribution in [3.05, 3.63) is 34.3 Å². The first-order valence-electron chi connectivity index (χ1n) is 9.13. The van der Waals surface area contributed by atoms with Gasteiger partial charge in [0.05, 0.1) is 20.3 Å². The second-order valence-corrected chi connectivity index (χ2v) is 8.11. The molecule has 3 aliphatic rings. The zero-order chi connectivity index (χ0) is 20.9. The minimum atomic E-state index is -1.74. The number of halogens is 1. The number of ether oxygens (including phenoxy) is 2. The Hall–Kier alpha value is -2.68. The van der Waals surface area contributed by atoms with Crippen LogP contribution in [-0.4, -0.2) is 55.1 Å². The van der Waals surface area contributed by atoms with Gasteiger partial charge in [-0.3, -0.25) is 24.1 Å². The van der Waals surface area contributed by atoms with Gasteiger partial charge in [-0.2, -0.15) is 0 Å². The average molecular weight is 463 g/mol. The van der Waals surface area contributed by atoms with Crippen molar-refractivity contribution < 1.29 is 28.7 Å². The van der Waals surface area contributed by atoms with E-state index in [1.54, 1.807) is 4.90 Å². The molecular formula is C20H19BrN2O6. The van der Waals surface area contributed by atoms with Gasteiger partial charge in [-0.15, -0.1) is 0 Å². The first-order valence-corrected chi connectivity index (χ1v) is 9.92. The monoisotopic (exact) mass is 462 g/mol. The Morgan fingerprint density at radius 1 is 1.07 bits per heavy atom. The van der Waals surface area contributed by atoms with Crippen LogP contribution in [0.5, 0.6) is 0 Å². The van der Waals surface area contributed by atoms with E-state index in [4.69, 9.17) is 9.47 Å². The van der Waals surface area contributed by atoms with E-state index in [1.807, 2.05) is 30.3 Å². The lowest BCUT2D eigenvalue weighted by atomic mass is 9.78. The summed E-state index contributed by atoms with van der Waals surface area (Å²) in [6.45, 7) is 0. The van der Waals surface area contributed by atoms with Crippen LogP contribution >= 0.6 is 15.9 Å². The fourth-order valence-electron chi connectivity index (χ4n) is 4.63. The molecule has 0 aliphatic carbocycles. The maximum Gasteiger partial charge on any atom is 0.325 e. The van der Waals surface area contributed by atoms with Gasteiger partial charge in [0, 0.05) is 29.4 Å². The van der Waals surface area contributed by atoms with Crippen LogP contribution in [0, 0.1) is 5.41 Å². The van der Waals surface area contributed by atoms with Crippen molar-refractivity contribution in [2.75, 3.05) is 19.1 Å². The Labute approximate surface area is 175 Å². The van der Waals surface area contributed by atoms with E-state index in [2.05, 4.69) is 15.9 Å². The third-order valence-corrected chi connectivity index (χ3v) is 6.49. The molecule has 2 fully saturated rings. The molecule has 3 heterocycles. The van der Waals surface area contributed by atoms with Crippen LogP contribution < -0.4 is 4.90 Å². The molecule has 152 valence electrons. The van der Waals surface area contributed by atoms with E-state index in [0.29, 0.717) is 10.2 Å². The van der Waals surface area contributed by atoms with Crippen molar-refractivity contribution in [1.29, 1.82) is 0 Å². The topological polar surface area (TPSA) is 93.2 Å². The summed E-state index contributed by atoms with van der Waals surface area (Å²) in [5.41, 5.74) is -0.182. The van der Waals surface area contributed by atoms with Crippen LogP contribution in [-0.2, 0) is 28.7 Å². The van der Waals surface area contributed by atoms with Crippen molar-refractivity contribution in [2.24, 2.45) is 5.41 Å². The van der Waals surface area contributed by atoms with Crippen LogP contribution in [0.3, 0.4) is 0 Å². The predicted molar refractivity (Wildman–Crippen MR) is 106 cm³/mol. The number of hydrogen-bond acceptors (Lipinski definition) is 7. The summed E-state index contributed by atoms with van der Waals surface area (Å²) in [6, 6.07) is 6.59. The summed E-state index contributed by atoms with van der Waals surface area (Å²) in [4.78, 5) is 54.0. The minimum absolute atomic E-state index is 0.107. The molecule has 8 nitrogen and oxygen atoms in total. The van der Waals surface area contributed by atoms with Gasteiger partial charge >= 0.3 is 11.9 Å². The predicted octanol–water partition coefficient (Wildman–Crippen LogP) is 1.82. The van der Waals surface area contributed by atoms with Crippen molar-refractivity contribution >= 4 is 51.4 Å². The largest absolute Gasteiger partial charge is 0.468 e. The van der Waals surface area contributed by atoms with E-state index in [1.165, 1.54) is 19.1 Å². The number of carbonyl (C=O) groups is 4. The molecule has 2 saturated heterocycles. The average Bonchev–Trinajstić information content (AvgIpc) is 3.25. The third kappa shape index (κ3) is 2.63. The van der Waals surface area contributed by atoms with E-state index in [9.17, 15) is 19.2 Å². The second kappa shape index (κ2) is 6.98. The number of amides is 2. The first kappa shape index (κ1) is 19.6. The summed E-state index contributed by atoms with van der Waals surface area (Å²) >= 11 is 3.52. The zero-order valence-corrected chi connectivity index (χ0v) is 17.5. The summed E-state index contributed by atoms with van der Waals surface area (Å²) in [5.74, 6) is -2.20. The maximum atomic E-state index is 13.0. The number of para-hydroxylation sites is 1. The number of imide groups is 1. The molecule has 3 aliphatic heterocycles. The molecule has 9 heteroatoms.